The number of aromatic amines is 1. The van der Waals surface area contributed by atoms with Gasteiger partial charge in [-0.3, -0.25) is 4.79 Å². The molecule has 0 saturated carbocycles. The van der Waals surface area contributed by atoms with Gasteiger partial charge in [0.05, 0.1) is 16.6 Å². The fraction of sp³-hybridized carbons (Fsp3) is 0.381. The van der Waals surface area contributed by atoms with Crippen molar-refractivity contribution in [1.82, 2.24) is 19.9 Å². The van der Waals surface area contributed by atoms with E-state index >= 15 is 0 Å². The number of imidazole rings is 1. The van der Waals surface area contributed by atoms with Crippen LogP contribution in [0.1, 0.15) is 41.9 Å². The third-order valence-electron chi connectivity index (χ3n) is 5.36. The maximum absolute atomic E-state index is 12.2. The molecular weight excluding hydrogens is 338 g/mol. The van der Waals surface area contributed by atoms with Crippen LogP contribution in [0.4, 0.5) is 5.82 Å². The van der Waals surface area contributed by atoms with Gasteiger partial charge in [-0.15, -0.1) is 0 Å². The predicted octanol–water partition coefficient (Wildman–Crippen LogP) is 3.43. The van der Waals surface area contributed by atoms with Crippen LogP contribution in [0.15, 0.2) is 42.6 Å². The molecule has 1 aliphatic rings. The smallest absolute Gasteiger partial charge is 0.255 e. The second-order valence-corrected chi connectivity index (χ2v) is 7.15. The number of nitrogens with one attached hydrogen (secondary N) is 1. The maximum Gasteiger partial charge on any atom is 0.255 e. The number of carbonyl (C=O) groups is 1. The minimum atomic E-state index is 0.00958. The van der Waals surface area contributed by atoms with Gasteiger partial charge in [0, 0.05) is 38.8 Å². The molecule has 1 atom stereocenters. The van der Waals surface area contributed by atoms with E-state index in [2.05, 4.69) is 20.9 Å². The Kier molecular flexibility index (Phi) is 4.79. The number of aromatic nitrogens is 3. The van der Waals surface area contributed by atoms with Crippen molar-refractivity contribution in [3.63, 3.8) is 0 Å². The first-order chi connectivity index (χ1) is 13.2. The van der Waals surface area contributed by atoms with Gasteiger partial charge in [0.15, 0.2) is 0 Å². The topological polar surface area (TPSA) is 65.1 Å². The third-order valence-corrected chi connectivity index (χ3v) is 5.36. The van der Waals surface area contributed by atoms with E-state index in [0.29, 0.717) is 18.0 Å². The number of fused-ring (bicyclic) bond motifs is 1. The molecule has 27 heavy (non-hydrogen) atoms. The minimum absolute atomic E-state index is 0.00958. The first-order valence-corrected chi connectivity index (χ1v) is 9.57. The van der Waals surface area contributed by atoms with Crippen molar-refractivity contribution in [2.75, 3.05) is 31.6 Å². The molecule has 0 radical (unpaired) electrons. The second kappa shape index (κ2) is 7.39. The molecule has 1 fully saturated rings. The van der Waals surface area contributed by atoms with Gasteiger partial charge < -0.3 is 14.8 Å². The van der Waals surface area contributed by atoms with Crippen molar-refractivity contribution < 1.29 is 4.79 Å². The summed E-state index contributed by atoms with van der Waals surface area (Å²) in [5.41, 5.74) is 2.74. The number of rotatable bonds is 4. The van der Waals surface area contributed by atoms with Crippen LogP contribution >= 0.6 is 0 Å². The van der Waals surface area contributed by atoms with Crippen LogP contribution < -0.4 is 4.90 Å². The van der Waals surface area contributed by atoms with Gasteiger partial charge in [0.25, 0.3) is 5.91 Å². The number of para-hydroxylation sites is 2. The zero-order valence-electron chi connectivity index (χ0n) is 15.9. The first kappa shape index (κ1) is 17.5. The summed E-state index contributed by atoms with van der Waals surface area (Å²) >= 11 is 0. The molecule has 0 aliphatic carbocycles. The molecule has 3 heterocycles. The lowest BCUT2D eigenvalue weighted by atomic mass is 9.97. The molecule has 1 amide bonds. The number of pyridine rings is 1. The van der Waals surface area contributed by atoms with E-state index in [1.165, 1.54) is 0 Å². The zero-order chi connectivity index (χ0) is 18.8. The molecule has 0 spiro atoms. The molecule has 1 saturated heterocycles. The van der Waals surface area contributed by atoms with Gasteiger partial charge in [0.1, 0.15) is 11.6 Å². The number of benzene rings is 1. The number of H-pyrrole nitrogens is 1. The lowest BCUT2D eigenvalue weighted by Crippen LogP contribution is -2.35. The molecule has 1 aromatic carbocycles. The summed E-state index contributed by atoms with van der Waals surface area (Å²) in [5, 5.41) is 0. The molecule has 6 heteroatoms. The van der Waals surface area contributed by atoms with E-state index in [4.69, 9.17) is 4.98 Å². The Morgan fingerprint density at radius 2 is 2.15 bits per heavy atom. The lowest BCUT2D eigenvalue weighted by Gasteiger charge is -2.32. The Hall–Kier alpha value is -2.89. The van der Waals surface area contributed by atoms with Crippen LogP contribution in [0.3, 0.4) is 0 Å². The summed E-state index contributed by atoms with van der Waals surface area (Å²) in [7, 11) is 1.80. The Labute approximate surface area is 159 Å². The van der Waals surface area contributed by atoms with Gasteiger partial charge in [-0.25, -0.2) is 9.97 Å². The average Bonchev–Trinajstić information content (AvgIpc) is 3.17. The van der Waals surface area contributed by atoms with Crippen LogP contribution in [0, 0.1) is 0 Å². The first-order valence-electron chi connectivity index (χ1n) is 9.57. The standard InChI is InChI=1S/C21H25N5O/c1-3-25(2)21(27)15-10-11-19(22-13-15)26-12-6-7-16(14-26)20-23-17-8-4-5-9-18(17)24-20/h4-5,8-11,13,16H,3,6-7,12,14H2,1-2H3,(H,23,24). The van der Waals surface area contributed by atoms with E-state index in [9.17, 15) is 4.79 Å². The van der Waals surface area contributed by atoms with E-state index < -0.39 is 0 Å². The van der Waals surface area contributed by atoms with E-state index in [-0.39, 0.29) is 5.91 Å². The number of carbonyl (C=O) groups excluding carboxylic acids is 1. The summed E-state index contributed by atoms with van der Waals surface area (Å²) in [6.45, 7) is 4.51. The number of nitrogens with zero attached hydrogens (tertiary/aromatic N) is 4. The minimum Gasteiger partial charge on any atom is -0.356 e. The van der Waals surface area contributed by atoms with Gasteiger partial charge in [-0.05, 0) is 44.0 Å². The molecular formula is C21H25N5O. The predicted molar refractivity (Wildman–Crippen MR) is 107 cm³/mol. The number of hydrogen-bond donors (Lipinski definition) is 1. The van der Waals surface area contributed by atoms with E-state index in [0.717, 1.165) is 48.6 Å². The van der Waals surface area contributed by atoms with Crippen molar-refractivity contribution in [2.45, 2.75) is 25.7 Å². The number of amides is 1. The number of piperidine rings is 1. The van der Waals surface area contributed by atoms with Crippen molar-refractivity contribution in [2.24, 2.45) is 0 Å². The Morgan fingerprint density at radius 3 is 2.89 bits per heavy atom. The molecule has 3 aromatic rings. The van der Waals surface area contributed by atoms with E-state index in [1.807, 2.05) is 37.3 Å². The highest BCUT2D eigenvalue weighted by atomic mass is 16.2. The molecule has 140 valence electrons. The molecule has 4 rings (SSSR count). The summed E-state index contributed by atoms with van der Waals surface area (Å²) < 4.78 is 0. The molecule has 2 aromatic heterocycles. The lowest BCUT2D eigenvalue weighted by molar-refractivity contribution is 0.0802. The van der Waals surface area contributed by atoms with Gasteiger partial charge in [0.2, 0.25) is 0 Å². The molecule has 1 N–H and O–H groups in total. The average molecular weight is 363 g/mol. The van der Waals surface area contributed by atoms with Crippen LogP contribution in [0.25, 0.3) is 11.0 Å². The van der Waals surface area contributed by atoms with Crippen molar-refractivity contribution in [3.8, 4) is 0 Å². The zero-order valence-corrected chi connectivity index (χ0v) is 15.9. The van der Waals surface area contributed by atoms with Crippen LogP contribution in [0.5, 0.6) is 0 Å². The van der Waals surface area contributed by atoms with Crippen molar-refractivity contribution in [1.29, 1.82) is 0 Å². The Morgan fingerprint density at radius 1 is 1.30 bits per heavy atom. The number of hydrogen-bond acceptors (Lipinski definition) is 4. The van der Waals surface area contributed by atoms with Crippen LogP contribution in [-0.4, -0.2) is 52.4 Å². The highest BCUT2D eigenvalue weighted by Gasteiger charge is 2.25. The van der Waals surface area contributed by atoms with Gasteiger partial charge in [-0.2, -0.15) is 0 Å². The summed E-state index contributed by atoms with van der Waals surface area (Å²) in [6.07, 6.45) is 3.91. The van der Waals surface area contributed by atoms with Gasteiger partial charge >= 0.3 is 0 Å². The van der Waals surface area contributed by atoms with Crippen molar-refractivity contribution in [3.05, 3.63) is 54.0 Å². The Balaban J connectivity index is 1.50. The van der Waals surface area contributed by atoms with Crippen molar-refractivity contribution >= 4 is 22.8 Å². The van der Waals surface area contributed by atoms with Crippen LogP contribution in [-0.2, 0) is 0 Å². The summed E-state index contributed by atoms with van der Waals surface area (Å²) in [5.74, 6) is 2.35. The molecule has 1 aliphatic heterocycles. The second-order valence-electron chi connectivity index (χ2n) is 7.15. The molecule has 0 bridgehead atoms. The molecule has 1 unspecified atom stereocenters. The van der Waals surface area contributed by atoms with Crippen LogP contribution in [0.2, 0.25) is 0 Å². The monoisotopic (exact) mass is 363 g/mol. The fourth-order valence-electron chi connectivity index (χ4n) is 3.64. The Bertz CT molecular complexity index is 900. The SMILES string of the molecule is CCN(C)C(=O)c1ccc(N2CCCC(c3nc4ccccc4[nH]3)C2)nc1. The number of anilines is 1. The maximum atomic E-state index is 12.2. The molecule has 6 nitrogen and oxygen atoms in total. The highest BCUT2D eigenvalue weighted by Crippen LogP contribution is 2.29. The third kappa shape index (κ3) is 3.52. The highest BCUT2D eigenvalue weighted by molar-refractivity contribution is 5.93. The fourth-order valence-corrected chi connectivity index (χ4v) is 3.64. The quantitative estimate of drug-likeness (QED) is 0.771. The summed E-state index contributed by atoms with van der Waals surface area (Å²) in [6, 6.07) is 12.0. The van der Waals surface area contributed by atoms with Gasteiger partial charge in [-0.1, -0.05) is 12.1 Å². The largest absolute Gasteiger partial charge is 0.356 e. The normalized spacial score (nSPS) is 17.3. The van der Waals surface area contributed by atoms with E-state index in [1.54, 1.807) is 18.1 Å². The summed E-state index contributed by atoms with van der Waals surface area (Å²) in [4.78, 5) is 29.0.